The molecule has 0 saturated heterocycles. The van der Waals surface area contributed by atoms with Crippen LogP contribution in [0, 0.1) is 0 Å². The summed E-state index contributed by atoms with van der Waals surface area (Å²) in [7, 11) is 0. The van der Waals surface area contributed by atoms with Crippen LogP contribution in [0.1, 0.15) is 31.2 Å². The molecule has 1 amide bonds. The third kappa shape index (κ3) is 4.73. The van der Waals surface area contributed by atoms with Crippen LogP contribution in [0.15, 0.2) is 18.2 Å². The van der Waals surface area contributed by atoms with Gasteiger partial charge in [0.2, 0.25) is 5.91 Å². The Hall–Kier alpha value is -1.26. The average molecular weight is 283 g/mol. The molecule has 0 heterocycles. The van der Waals surface area contributed by atoms with E-state index in [1.807, 2.05) is 0 Å². The van der Waals surface area contributed by atoms with E-state index in [0.29, 0.717) is 29.6 Å². The molecule has 1 aliphatic rings. The van der Waals surface area contributed by atoms with Gasteiger partial charge < -0.3 is 15.7 Å². The second kappa shape index (κ2) is 6.78. The number of phenols is 1. The number of benzene rings is 1. The lowest BCUT2D eigenvalue weighted by Gasteiger charge is -2.08. The molecule has 19 heavy (non-hydrogen) atoms. The zero-order valence-electron chi connectivity index (χ0n) is 10.8. The molecule has 1 fully saturated rings. The summed E-state index contributed by atoms with van der Waals surface area (Å²) < 4.78 is 0. The van der Waals surface area contributed by atoms with Crippen molar-refractivity contribution >= 4 is 17.5 Å². The predicted octanol–water partition coefficient (Wildman–Crippen LogP) is 2.19. The highest BCUT2D eigenvalue weighted by molar-refractivity contribution is 6.31. The van der Waals surface area contributed by atoms with Crippen molar-refractivity contribution in [1.82, 2.24) is 10.6 Å². The van der Waals surface area contributed by atoms with Gasteiger partial charge in [-0.1, -0.05) is 17.7 Å². The van der Waals surface area contributed by atoms with Crippen LogP contribution in [0.4, 0.5) is 0 Å². The highest BCUT2D eigenvalue weighted by atomic mass is 35.5. The number of aromatic hydroxyl groups is 1. The van der Waals surface area contributed by atoms with E-state index in [1.165, 1.54) is 0 Å². The number of carbonyl (C=O) groups excluding carboxylic acids is 1. The van der Waals surface area contributed by atoms with E-state index in [-0.39, 0.29) is 11.7 Å². The standard InChI is InChI=1S/C14H19ClN2O2/c15-12-3-1-4-13(18)11(12)9-16-8-2-5-14(19)17-10-6-7-10/h1,3-4,10,16,18H,2,5-9H2,(H,17,19). The lowest BCUT2D eigenvalue weighted by atomic mass is 10.2. The number of amides is 1. The second-order valence-corrected chi connectivity index (χ2v) is 5.27. The van der Waals surface area contributed by atoms with Crippen LogP contribution < -0.4 is 10.6 Å². The van der Waals surface area contributed by atoms with Crippen molar-refractivity contribution in [2.75, 3.05) is 6.54 Å². The van der Waals surface area contributed by atoms with Crippen LogP contribution in [-0.2, 0) is 11.3 Å². The molecule has 1 aromatic carbocycles. The molecular formula is C14H19ClN2O2. The van der Waals surface area contributed by atoms with E-state index in [0.717, 1.165) is 25.8 Å². The number of hydrogen-bond acceptors (Lipinski definition) is 3. The zero-order valence-corrected chi connectivity index (χ0v) is 11.5. The molecule has 0 aliphatic heterocycles. The molecule has 4 nitrogen and oxygen atoms in total. The Balaban J connectivity index is 1.62. The molecule has 3 N–H and O–H groups in total. The van der Waals surface area contributed by atoms with Crippen LogP contribution in [0.5, 0.6) is 5.75 Å². The topological polar surface area (TPSA) is 61.4 Å². The van der Waals surface area contributed by atoms with E-state index in [9.17, 15) is 9.90 Å². The molecule has 1 saturated carbocycles. The van der Waals surface area contributed by atoms with Crippen LogP contribution in [-0.4, -0.2) is 23.6 Å². The minimum atomic E-state index is 0.130. The minimum Gasteiger partial charge on any atom is -0.508 e. The fraction of sp³-hybridized carbons (Fsp3) is 0.500. The van der Waals surface area contributed by atoms with Crippen LogP contribution in [0.3, 0.4) is 0 Å². The van der Waals surface area contributed by atoms with E-state index < -0.39 is 0 Å². The molecule has 1 aliphatic carbocycles. The van der Waals surface area contributed by atoms with Crippen LogP contribution in [0.2, 0.25) is 5.02 Å². The summed E-state index contributed by atoms with van der Waals surface area (Å²) in [6.45, 7) is 1.23. The summed E-state index contributed by atoms with van der Waals surface area (Å²) in [5.41, 5.74) is 0.701. The van der Waals surface area contributed by atoms with Gasteiger partial charge in [0.05, 0.1) is 0 Å². The van der Waals surface area contributed by atoms with Gasteiger partial charge in [0.15, 0.2) is 0 Å². The van der Waals surface area contributed by atoms with Crippen molar-refractivity contribution in [3.63, 3.8) is 0 Å². The van der Waals surface area contributed by atoms with Gasteiger partial charge in [0.25, 0.3) is 0 Å². The maximum atomic E-state index is 11.4. The third-order valence-corrected chi connectivity index (χ3v) is 3.45. The molecule has 0 radical (unpaired) electrons. The first-order valence-corrected chi connectivity index (χ1v) is 7.01. The molecule has 0 bridgehead atoms. The summed E-state index contributed by atoms with van der Waals surface area (Å²) in [5, 5.41) is 16.3. The van der Waals surface area contributed by atoms with E-state index in [1.54, 1.807) is 18.2 Å². The third-order valence-electron chi connectivity index (χ3n) is 3.10. The molecule has 0 atom stereocenters. The first kappa shape index (κ1) is 14.2. The predicted molar refractivity (Wildman–Crippen MR) is 75.2 cm³/mol. The zero-order chi connectivity index (χ0) is 13.7. The van der Waals surface area contributed by atoms with E-state index in [4.69, 9.17) is 11.6 Å². The fourth-order valence-corrected chi connectivity index (χ4v) is 2.07. The van der Waals surface area contributed by atoms with Crippen molar-refractivity contribution < 1.29 is 9.90 Å². The molecule has 0 unspecified atom stereocenters. The molecule has 5 heteroatoms. The molecular weight excluding hydrogens is 264 g/mol. The summed E-state index contributed by atoms with van der Waals surface area (Å²) >= 11 is 5.99. The quantitative estimate of drug-likeness (QED) is 0.672. The normalized spacial score (nSPS) is 14.4. The first-order valence-electron chi connectivity index (χ1n) is 6.63. The summed E-state index contributed by atoms with van der Waals surface area (Å²) in [5.74, 6) is 0.330. The maximum Gasteiger partial charge on any atom is 0.220 e. The SMILES string of the molecule is O=C(CCCNCc1c(O)cccc1Cl)NC1CC1. The van der Waals surface area contributed by atoms with Crippen molar-refractivity contribution in [2.24, 2.45) is 0 Å². The van der Waals surface area contributed by atoms with Crippen LogP contribution >= 0.6 is 11.6 Å². The summed E-state index contributed by atoms with van der Waals surface area (Å²) in [4.78, 5) is 11.4. The molecule has 0 spiro atoms. The van der Waals surface area contributed by atoms with Crippen molar-refractivity contribution in [1.29, 1.82) is 0 Å². The van der Waals surface area contributed by atoms with Gasteiger partial charge in [-0.15, -0.1) is 0 Å². The largest absolute Gasteiger partial charge is 0.508 e. The highest BCUT2D eigenvalue weighted by Crippen LogP contribution is 2.24. The Morgan fingerprint density at radius 2 is 2.21 bits per heavy atom. The van der Waals surface area contributed by atoms with Gasteiger partial charge in [0.1, 0.15) is 5.75 Å². The molecule has 2 rings (SSSR count). The Kier molecular flexibility index (Phi) is 5.05. The van der Waals surface area contributed by atoms with Crippen molar-refractivity contribution in [3.05, 3.63) is 28.8 Å². The Labute approximate surface area is 118 Å². The lowest BCUT2D eigenvalue weighted by Crippen LogP contribution is -2.26. The van der Waals surface area contributed by atoms with Gasteiger partial charge in [-0.3, -0.25) is 4.79 Å². The second-order valence-electron chi connectivity index (χ2n) is 4.86. The molecule has 1 aromatic rings. The van der Waals surface area contributed by atoms with Gasteiger partial charge in [-0.25, -0.2) is 0 Å². The van der Waals surface area contributed by atoms with Gasteiger partial charge in [0, 0.05) is 29.6 Å². The molecule has 104 valence electrons. The van der Waals surface area contributed by atoms with Crippen LogP contribution in [0.25, 0.3) is 0 Å². The molecule has 0 aromatic heterocycles. The van der Waals surface area contributed by atoms with Gasteiger partial charge >= 0.3 is 0 Å². The fourth-order valence-electron chi connectivity index (χ4n) is 1.84. The number of nitrogens with one attached hydrogen (secondary N) is 2. The Bertz CT molecular complexity index is 427. The number of rotatable bonds is 7. The van der Waals surface area contributed by atoms with Gasteiger partial charge in [-0.05, 0) is 37.9 Å². The number of phenolic OH excluding ortho intramolecular Hbond substituents is 1. The van der Waals surface area contributed by atoms with E-state index in [2.05, 4.69) is 10.6 Å². The lowest BCUT2D eigenvalue weighted by molar-refractivity contribution is -0.121. The monoisotopic (exact) mass is 282 g/mol. The van der Waals surface area contributed by atoms with E-state index >= 15 is 0 Å². The summed E-state index contributed by atoms with van der Waals surface area (Å²) in [6, 6.07) is 5.51. The highest BCUT2D eigenvalue weighted by Gasteiger charge is 2.22. The summed E-state index contributed by atoms with van der Waals surface area (Å²) in [6.07, 6.45) is 3.56. The smallest absolute Gasteiger partial charge is 0.220 e. The first-order chi connectivity index (χ1) is 9.16. The number of carbonyl (C=O) groups is 1. The van der Waals surface area contributed by atoms with Crippen molar-refractivity contribution in [2.45, 2.75) is 38.3 Å². The van der Waals surface area contributed by atoms with Crippen molar-refractivity contribution in [3.8, 4) is 5.75 Å². The number of halogens is 1. The maximum absolute atomic E-state index is 11.4. The number of hydrogen-bond donors (Lipinski definition) is 3. The average Bonchev–Trinajstić information content (AvgIpc) is 3.16. The Morgan fingerprint density at radius 1 is 1.42 bits per heavy atom. The Morgan fingerprint density at radius 3 is 2.89 bits per heavy atom. The van der Waals surface area contributed by atoms with Gasteiger partial charge in [-0.2, -0.15) is 0 Å². The minimum absolute atomic E-state index is 0.130.